The zero-order valence-corrected chi connectivity index (χ0v) is 17.1. The molecule has 28 heavy (non-hydrogen) atoms. The third-order valence-corrected chi connectivity index (χ3v) is 5.48. The number of ether oxygens (including phenoxy) is 1. The van der Waals surface area contributed by atoms with Gasteiger partial charge in [-0.25, -0.2) is 9.78 Å². The van der Waals surface area contributed by atoms with Crippen LogP contribution in [0.25, 0.3) is 10.6 Å². The van der Waals surface area contributed by atoms with E-state index < -0.39 is 5.97 Å². The minimum atomic E-state index is -0.567. The Morgan fingerprint density at radius 1 is 1.18 bits per heavy atom. The Morgan fingerprint density at radius 2 is 1.96 bits per heavy atom. The number of halogens is 1. The molecule has 0 fully saturated rings. The Labute approximate surface area is 172 Å². The van der Waals surface area contributed by atoms with Crippen LogP contribution >= 0.6 is 22.9 Å². The van der Waals surface area contributed by atoms with Gasteiger partial charge in [0.1, 0.15) is 9.88 Å². The van der Waals surface area contributed by atoms with Gasteiger partial charge in [0.05, 0.1) is 5.69 Å². The highest BCUT2D eigenvalue weighted by Crippen LogP contribution is 2.29. The van der Waals surface area contributed by atoms with Crippen LogP contribution in [0.2, 0.25) is 5.02 Å². The third-order valence-electron chi connectivity index (χ3n) is 4.06. The lowest BCUT2D eigenvalue weighted by Gasteiger charge is -2.09. The van der Waals surface area contributed by atoms with Crippen molar-refractivity contribution in [2.45, 2.75) is 20.3 Å². The Bertz CT molecular complexity index is 1020. The first-order valence-electron chi connectivity index (χ1n) is 8.76. The number of carbonyl (C=O) groups excluding carboxylic acids is 2. The van der Waals surface area contributed by atoms with Crippen molar-refractivity contribution in [1.29, 1.82) is 0 Å². The quantitative estimate of drug-likeness (QED) is 0.568. The van der Waals surface area contributed by atoms with Crippen molar-refractivity contribution in [3.05, 3.63) is 69.7 Å². The van der Waals surface area contributed by atoms with Crippen LogP contribution in [0.15, 0.2) is 48.5 Å². The molecule has 7 heteroatoms. The van der Waals surface area contributed by atoms with Gasteiger partial charge in [-0.15, -0.1) is 11.3 Å². The number of para-hydroxylation sites is 1. The standard InChI is InChI=1S/C21H19ClN2O3S/c1-3-14-7-4-5-10-17(14)24-18(25)12-27-21(26)19-13(2)23-20(28-19)15-8-6-9-16(22)11-15/h4-11H,3,12H2,1-2H3,(H,24,25). The van der Waals surface area contributed by atoms with Crippen LogP contribution < -0.4 is 5.32 Å². The summed E-state index contributed by atoms with van der Waals surface area (Å²) in [6.07, 6.45) is 0.794. The Kier molecular flexibility index (Phi) is 6.44. The highest BCUT2D eigenvalue weighted by molar-refractivity contribution is 7.17. The molecule has 1 heterocycles. The summed E-state index contributed by atoms with van der Waals surface area (Å²) in [5.41, 5.74) is 3.13. The Hall–Kier alpha value is -2.70. The molecular formula is C21H19ClN2O3S. The van der Waals surface area contributed by atoms with Crippen LogP contribution in [0.5, 0.6) is 0 Å². The van der Waals surface area contributed by atoms with Crippen molar-refractivity contribution in [2.24, 2.45) is 0 Å². The lowest BCUT2D eigenvalue weighted by atomic mass is 10.1. The van der Waals surface area contributed by atoms with Gasteiger partial charge >= 0.3 is 5.97 Å². The smallest absolute Gasteiger partial charge is 0.350 e. The molecule has 3 aromatic rings. The van der Waals surface area contributed by atoms with Gasteiger partial charge in [-0.2, -0.15) is 0 Å². The molecule has 0 spiro atoms. The highest BCUT2D eigenvalue weighted by atomic mass is 35.5. The van der Waals surface area contributed by atoms with Crippen LogP contribution in [0.3, 0.4) is 0 Å². The fourth-order valence-corrected chi connectivity index (χ4v) is 3.81. The SMILES string of the molecule is CCc1ccccc1NC(=O)COC(=O)c1sc(-c2cccc(Cl)c2)nc1C. The van der Waals surface area contributed by atoms with Gasteiger partial charge in [0.15, 0.2) is 6.61 Å². The van der Waals surface area contributed by atoms with E-state index in [2.05, 4.69) is 10.3 Å². The second-order valence-corrected chi connectivity index (χ2v) is 7.51. The molecule has 0 radical (unpaired) electrons. The molecule has 0 saturated heterocycles. The first kappa shape index (κ1) is 20.0. The van der Waals surface area contributed by atoms with E-state index in [1.807, 2.05) is 43.3 Å². The number of nitrogens with one attached hydrogen (secondary N) is 1. The monoisotopic (exact) mass is 414 g/mol. The first-order valence-corrected chi connectivity index (χ1v) is 9.95. The molecule has 1 N–H and O–H groups in total. The molecule has 1 aromatic heterocycles. The molecule has 0 atom stereocenters. The minimum absolute atomic E-state index is 0.360. The second-order valence-electron chi connectivity index (χ2n) is 6.08. The van der Waals surface area contributed by atoms with E-state index in [0.29, 0.717) is 20.6 Å². The molecule has 0 unspecified atom stereocenters. The lowest BCUT2D eigenvalue weighted by Crippen LogP contribution is -2.21. The number of amides is 1. The molecule has 0 bridgehead atoms. The molecule has 5 nitrogen and oxygen atoms in total. The number of anilines is 1. The van der Waals surface area contributed by atoms with E-state index in [1.165, 1.54) is 11.3 Å². The van der Waals surface area contributed by atoms with Crippen LogP contribution in [-0.4, -0.2) is 23.5 Å². The summed E-state index contributed by atoms with van der Waals surface area (Å²) in [4.78, 5) is 29.3. The van der Waals surface area contributed by atoms with Crippen molar-refractivity contribution < 1.29 is 14.3 Å². The summed E-state index contributed by atoms with van der Waals surface area (Å²) in [5.74, 6) is -0.950. The van der Waals surface area contributed by atoms with E-state index in [-0.39, 0.29) is 12.5 Å². The van der Waals surface area contributed by atoms with Crippen LogP contribution in [0.1, 0.15) is 27.9 Å². The summed E-state index contributed by atoms with van der Waals surface area (Å²) in [5, 5.41) is 4.05. The number of hydrogen-bond donors (Lipinski definition) is 1. The molecule has 144 valence electrons. The molecular weight excluding hydrogens is 396 g/mol. The van der Waals surface area contributed by atoms with Crippen LogP contribution in [-0.2, 0) is 16.0 Å². The predicted molar refractivity (Wildman–Crippen MR) is 112 cm³/mol. The topological polar surface area (TPSA) is 68.3 Å². The van der Waals surface area contributed by atoms with E-state index in [1.54, 1.807) is 19.1 Å². The van der Waals surface area contributed by atoms with Crippen molar-refractivity contribution in [2.75, 3.05) is 11.9 Å². The first-order chi connectivity index (χ1) is 13.5. The number of esters is 1. The zero-order valence-electron chi connectivity index (χ0n) is 15.5. The van der Waals surface area contributed by atoms with Crippen molar-refractivity contribution >= 4 is 40.5 Å². The summed E-state index contributed by atoms with van der Waals surface area (Å²) in [7, 11) is 0. The number of rotatable bonds is 6. The number of aryl methyl sites for hydroxylation is 2. The van der Waals surface area contributed by atoms with Crippen molar-refractivity contribution in [1.82, 2.24) is 4.98 Å². The van der Waals surface area contributed by atoms with E-state index >= 15 is 0 Å². The molecule has 0 aliphatic carbocycles. The van der Waals surface area contributed by atoms with Gasteiger partial charge in [-0.3, -0.25) is 4.79 Å². The molecule has 3 rings (SSSR count). The summed E-state index contributed by atoms with van der Waals surface area (Å²) >= 11 is 7.23. The maximum Gasteiger partial charge on any atom is 0.350 e. The maximum atomic E-state index is 12.4. The fraction of sp³-hybridized carbons (Fsp3) is 0.190. The largest absolute Gasteiger partial charge is 0.451 e. The second kappa shape index (κ2) is 8.99. The Balaban J connectivity index is 1.64. The molecule has 2 aromatic carbocycles. The van der Waals surface area contributed by atoms with Crippen molar-refractivity contribution in [3.8, 4) is 10.6 Å². The summed E-state index contributed by atoms with van der Waals surface area (Å²) in [6.45, 7) is 3.38. The number of thiazole rings is 1. The minimum Gasteiger partial charge on any atom is -0.451 e. The number of hydrogen-bond acceptors (Lipinski definition) is 5. The number of carbonyl (C=O) groups is 2. The molecule has 1 amide bonds. The van der Waals surface area contributed by atoms with E-state index in [4.69, 9.17) is 16.3 Å². The number of benzene rings is 2. The maximum absolute atomic E-state index is 12.4. The van der Waals surface area contributed by atoms with Crippen LogP contribution in [0, 0.1) is 6.92 Å². The summed E-state index contributed by atoms with van der Waals surface area (Å²) < 4.78 is 5.18. The fourth-order valence-electron chi connectivity index (χ4n) is 2.66. The zero-order chi connectivity index (χ0) is 20.1. The van der Waals surface area contributed by atoms with Gasteiger partial charge in [0.25, 0.3) is 5.91 Å². The van der Waals surface area contributed by atoms with Gasteiger partial charge in [-0.1, -0.05) is 48.9 Å². The van der Waals surface area contributed by atoms with Gasteiger partial charge in [0.2, 0.25) is 0 Å². The Morgan fingerprint density at radius 3 is 2.71 bits per heavy atom. The number of nitrogens with zero attached hydrogens (tertiary/aromatic N) is 1. The van der Waals surface area contributed by atoms with Crippen LogP contribution in [0.4, 0.5) is 5.69 Å². The third kappa shape index (κ3) is 4.77. The average Bonchev–Trinajstić information content (AvgIpc) is 3.08. The van der Waals surface area contributed by atoms with Crippen molar-refractivity contribution in [3.63, 3.8) is 0 Å². The normalized spacial score (nSPS) is 10.5. The predicted octanol–water partition coefficient (Wildman–Crippen LogP) is 5.13. The average molecular weight is 415 g/mol. The highest BCUT2D eigenvalue weighted by Gasteiger charge is 2.19. The van der Waals surface area contributed by atoms with Gasteiger partial charge in [0, 0.05) is 16.3 Å². The lowest BCUT2D eigenvalue weighted by molar-refractivity contribution is -0.119. The van der Waals surface area contributed by atoms with E-state index in [0.717, 1.165) is 23.2 Å². The molecule has 0 aliphatic heterocycles. The molecule has 0 saturated carbocycles. The summed E-state index contributed by atoms with van der Waals surface area (Å²) in [6, 6.07) is 14.8. The van der Waals surface area contributed by atoms with Gasteiger partial charge < -0.3 is 10.1 Å². The number of aromatic nitrogens is 1. The van der Waals surface area contributed by atoms with Gasteiger partial charge in [-0.05, 0) is 37.1 Å². The van der Waals surface area contributed by atoms with E-state index in [9.17, 15) is 9.59 Å². The molecule has 0 aliphatic rings.